The van der Waals surface area contributed by atoms with Crippen LogP contribution in [0.5, 0.6) is 0 Å². The number of benzene rings is 1. The summed E-state index contributed by atoms with van der Waals surface area (Å²) in [6, 6.07) is 6.22. The van der Waals surface area contributed by atoms with Crippen LogP contribution in [0.2, 0.25) is 0 Å². The number of nitrogens with one attached hydrogen (secondary N) is 1. The van der Waals surface area contributed by atoms with Gasteiger partial charge in [0, 0.05) is 11.6 Å². The minimum Gasteiger partial charge on any atom is -0.360 e. The lowest BCUT2D eigenvalue weighted by Gasteiger charge is -2.20. The lowest BCUT2D eigenvalue weighted by Crippen LogP contribution is -2.18. The number of aromatic nitrogens is 1. The molecule has 24 heavy (non-hydrogen) atoms. The fourth-order valence-corrected chi connectivity index (χ4v) is 2.93. The molecular weight excluding hydrogens is 300 g/mol. The number of hydrogen-bond acceptors (Lipinski definition) is 3. The van der Waals surface area contributed by atoms with Gasteiger partial charge in [-0.05, 0) is 29.9 Å². The summed E-state index contributed by atoms with van der Waals surface area (Å²) in [5, 5.41) is 7.12. The lowest BCUT2D eigenvalue weighted by atomic mass is 9.92. The van der Waals surface area contributed by atoms with Gasteiger partial charge in [0.05, 0.1) is 5.69 Å². The number of aryl methyl sites for hydroxylation is 1. The van der Waals surface area contributed by atoms with Crippen LogP contribution in [0.25, 0.3) is 0 Å². The SMILES string of the molecule is Cc1noc(C(C)C)c1C(=O)Nc1c(C(C)C)cccc1C(C)C. The minimum absolute atomic E-state index is 0.108. The fraction of sp³-hybridized carbons (Fsp3) is 0.500. The molecule has 0 bridgehead atoms. The van der Waals surface area contributed by atoms with E-state index in [1.165, 1.54) is 0 Å². The largest absolute Gasteiger partial charge is 0.360 e. The quantitative estimate of drug-likeness (QED) is 0.776. The predicted octanol–water partition coefficient (Wildman–Crippen LogP) is 5.61. The maximum atomic E-state index is 13.0. The van der Waals surface area contributed by atoms with Gasteiger partial charge in [-0.3, -0.25) is 4.79 Å². The van der Waals surface area contributed by atoms with Gasteiger partial charge in [-0.2, -0.15) is 0 Å². The Kier molecular flexibility index (Phi) is 5.47. The first-order valence-electron chi connectivity index (χ1n) is 8.64. The molecule has 2 rings (SSSR count). The van der Waals surface area contributed by atoms with Gasteiger partial charge in [0.2, 0.25) is 0 Å². The van der Waals surface area contributed by atoms with Crippen molar-refractivity contribution < 1.29 is 9.32 Å². The number of rotatable bonds is 5. The van der Waals surface area contributed by atoms with Crippen LogP contribution in [-0.4, -0.2) is 11.1 Å². The second-order valence-electron chi connectivity index (χ2n) is 7.24. The van der Waals surface area contributed by atoms with Gasteiger partial charge in [-0.15, -0.1) is 0 Å². The van der Waals surface area contributed by atoms with E-state index in [1.807, 2.05) is 20.8 Å². The van der Waals surface area contributed by atoms with E-state index in [4.69, 9.17) is 4.52 Å². The van der Waals surface area contributed by atoms with Crippen molar-refractivity contribution in [2.75, 3.05) is 5.32 Å². The Morgan fingerprint density at radius 1 is 1.00 bits per heavy atom. The summed E-state index contributed by atoms with van der Waals surface area (Å²) in [5.41, 5.74) is 4.40. The highest BCUT2D eigenvalue weighted by Crippen LogP contribution is 2.33. The average Bonchev–Trinajstić information content (AvgIpc) is 2.88. The van der Waals surface area contributed by atoms with Gasteiger partial charge in [-0.25, -0.2) is 0 Å². The van der Waals surface area contributed by atoms with Crippen LogP contribution in [0.3, 0.4) is 0 Å². The molecule has 0 unspecified atom stereocenters. The third-order valence-corrected chi connectivity index (χ3v) is 4.25. The van der Waals surface area contributed by atoms with Crippen LogP contribution in [0.15, 0.2) is 22.7 Å². The Balaban J connectivity index is 2.48. The number of anilines is 1. The number of para-hydroxylation sites is 1. The monoisotopic (exact) mass is 328 g/mol. The number of carbonyl (C=O) groups is 1. The molecule has 0 aliphatic carbocycles. The second kappa shape index (κ2) is 7.20. The Bertz CT molecular complexity index is 701. The van der Waals surface area contributed by atoms with Crippen molar-refractivity contribution >= 4 is 11.6 Å². The van der Waals surface area contributed by atoms with Crippen LogP contribution in [0.1, 0.15) is 92.2 Å². The van der Waals surface area contributed by atoms with Gasteiger partial charge in [-0.1, -0.05) is 64.9 Å². The van der Waals surface area contributed by atoms with E-state index < -0.39 is 0 Å². The van der Waals surface area contributed by atoms with Crippen molar-refractivity contribution in [1.82, 2.24) is 5.16 Å². The first-order chi connectivity index (χ1) is 11.2. The van der Waals surface area contributed by atoms with E-state index in [-0.39, 0.29) is 11.8 Å². The standard InChI is InChI=1S/C20H28N2O2/c1-11(2)15-9-8-10-16(12(3)4)18(15)21-20(23)17-14(7)22-24-19(17)13(5)6/h8-13H,1-7H3,(H,21,23). The molecule has 4 heteroatoms. The first kappa shape index (κ1) is 18.2. The van der Waals surface area contributed by atoms with Crippen molar-refractivity contribution in [2.45, 2.75) is 66.2 Å². The highest BCUT2D eigenvalue weighted by molar-refractivity contribution is 6.06. The number of amides is 1. The van der Waals surface area contributed by atoms with E-state index >= 15 is 0 Å². The first-order valence-corrected chi connectivity index (χ1v) is 8.64. The number of carbonyl (C=O) groups excluding carboxylic acids is 1. The van der Waals surface area contributed by atoms with Crippen molar-refractivity contribution in [3.63, 3.8) is 0 Å². The molecule has 0 aliphatic rings. The van der Waals surface area contributed by atoms with E-state index in [1.54, 1.807) is 0 Å². The molecular formula is C20H28N2O2. The molecule has 0 saturated carbocycles. The molecule has 2 aromatic rings. The Morgan fingerprint density at radius 2 is 1.54 bits per heavy atom. The highest BCUT2D eigenvalue weighted by atomic mass is 16.5. The average molecular weight is 328 g/mol. The summed E-state index contributed by atoms with van der Waals surface area (Å²) in [5.74, 6) is 1.25. The zero-order valence-electron chi connectivity index (χ0n) is 15.7. The van der Waals surface area contributed by atoms with E-state index in [0.717, 1.165) is 16.8 Å². The predicted molar refractivity (Wildman–Crippen MR) is 97.9 cm³/mol. The maximum Gasteiger partial charge on any atom is 0.261 e. The van der Waals surface area contributed by atoms with Gasteiger partial charge in [0.15, 0.2) is 5.76 Å². The van der Waals surface area contributed by atoms with Crippen molar-refractivity contribution in [3.8, 4) is 0 Å². The molecule has 130 valence electrons. The summed E-state index contributed by atoms with van der Waals surface area (Å²) >= 11 is 0. The maximum absolute atomic E-state index is 13.0. The van der Waals surface area contributed by atoms with Crippen LogP contribution >= 0.6 is 0 Å². The Morgan fingerprint density at radius 3 is 2.00 bits per heavy atom. The third kappa shape index (κ3) is 3.53. The molecule has 1 N–H and O–H groups in total. The zero-order valence-corrected chi connectivity index (χ0v) is 15.7. The zero-order chi connectivity index (χ0) is 18.0. The summed E-state index contributed by atoms with van der Waals surface area (Å²) < 4.78 is 5.36. The van der Waals surface area contributed by atoms with Crippen LogP contribution in [0.4, 0.5) is 5.69 Å². The molecule has 4 nitrogen and oxygen atoms in total. The molecule has 1 aromatic heterocycles. The van der Waals surface area contributed by atoms with Crippen LogP contribution < -0.4 is 5.32 Å². The molecule has 0 fully saturated rings. The second-order valence-corrected chi connectivity index (χ2v) is 7.24. The van der Waals surface area contributed by atoms with Gasteiger partial charge in [0.1, 0.15) is 5.56 Å². The van der Waals surface area contributed by atoms with E-state index in [2.05, 4.69) is 56.4 Å². The van der Waals surface area contributed by atoms with Crippen molar-refractivity contribution in [2.24, 2.45) is 0 Å². The van der Waals surface area contributed by atoms with E-state index in [9.17, 15) is 4.79 Å². The number of hydrogen-bond donors (Lipinski definition) is 1. The summed E-state index contributed by atoms with van der Waals surface area (Å²) in [7, 11) is 0. The lowest BCUT2D eigenvalue weighted by molar-refractivity contribution is 0.102. The van der Waals surface area contributed by atoms with E-state index in [0.29, 0.717) is 28.9 Å². The van der Waals surface area contributed by atoms with Gasteiger partial charge in [0.25, 0.3) is 5.91 Å². The van der Waals surface area contributed by atoms with Crippen LogP contribution in [0, 0.1) is 6.92 Å². The molecule has 0 saturated heterocycles. The Labute approximate surface area is 144 Å². The van der Waals surface area contributed by atoms with Crippen molar-refractivity contribution in [1.29, 1.82) is 0 Å². The minimum atomic E-state index is -0.146. The fourth-order valence-electron chi connectivity index (χ4n) is 2.93. The molecule has 1 aromatic carbocycles. The van der Waals surface area contributed by atoms with Crippen LogP contribution in [-0.2, 0) is 0 Å². The number of nitrogens with zero attached hydrogens (tertiary/aromatic N) is 1. The van der Waals surface area contributed by atoms with Crippen molar-refractivity contribution in [3.05, 3.63) is 46.3 Å². The molecule has 0 aliphatic heterocycles. The third-order valence-electron chi connectivity index (χ3n) is 4.25. The molecule has 0 radical (unpaired) electrons. The Hall–Kier alpha value is -2.10. The van der Waals surface area contributed by atoms with Gasteiger partial charge < -0.3 is 9.84 Å². The normalized spacial score (nSPS) is 11.6. The molecule has 0 atom stereocenters. The molecule has 1 heterocycles. The summed E-state index contributed by atoms with van der Waals surface area (Å²) in [6.07, 6.45) is 0. The van der Waals surface area contributed by atoms with Gasteiger partial charge >= 0.3 is 0 Å². The smallest absolute Gasteiger partial charge is 0.261 e. The highest BCUT2D eigenvalue weighted by Gasteiger charge is 2.24. The summed E-state index contributed by atoms with van der Waals surface area (Å²) in [6.45, 7) is 14.4. The molecule has 0 spiro atoms. The summed E-state index contributed by atoms with van der Waals surface area (Å²) in [4.78, 5) is 13.0. The topological polar surface area (TPSA) is 55.1 Å². The molecule has 1 amide bonds.